The van der Waals surface area contributed by atoms with Crippen LogP contribution in [0.4, 0.5) is 4.39 Å². The van der Waals surface area contributed by atoms with Crippen LogP contribution in [-0.2, 0) is 6.42 Å². The van der Waals surface area contributed by atoms with Crippen LogP contribution in [0.25, 0.3) is 11.4 Å². The lowest BCUT2D eigenvalue weighted by Crippen LogP contribution is -1.99. The van der Waals surface area contributed by atoms with Gasteiger partial charge in [-0.1, -0.05) is 30.1 Å². The van der Waals surface area contributed by atoms with Crippen molar-refractivity contribution in [3.05, 3.63) is 45.4 Å². The van der Waals surface area contributed by atoms with Crippen molar-refractivity contribution in [1.29, 1.82) is 0 Å². The highest BCUT2D eigenvalue weighted by molar-refractivity contribution is 6.31. The van der Waals surface area contributed by atoms with Gasteiger partial charge in [-0.05, 0) is 31.5 Å². The van der Waals surface area contributed by atoms with E-state index in [4.69, 9.17) is 23.2 Å². The molecule has 0 radical (unpaired) electrons. The minimum Gasteiger partial charge on any atom is -0.233 e. The fraction of sp³-hybridized carbons (Fsp3) is 0.231. The van der Waals surface area contributed by atoms with E-state index in [0.29, 0.717) is 21.6 Å². The summed E-state index contributed by atoms with van der Waals surface area (Å²) in [5.74, 6) is -0.0365. The van der Waals surface area contributed by atoms with Gasteiger partial charge in [0.25, 0.3) is 0 Å². The summed E-state index contributed by atoms with van der Waals surface area (Å²) in [5.41, 5.74) is 2.23. The highest BCUT2D eigenvalue weighted by Gasteiger charge is 2.11. The van der Waals surface area contributed by atoms with E-state index < -0.39 is 5.82 Å². The third kappa shape index (κ3) is 2.62. The first-order valence-corrected chi connectivity index (χ1v) is 6.26. The standard InChI is InChI=1S/C13H11Cl2FN2/c1-3-11-7(2)17-13(18-12(11)15)8-4-9(14)6-10(16)5-8/h4-6H,3H2,1-2H3. The molecule has 2 nitrogen and oxygen atoms in total. The summed E-state index contributed by atoms with van der Waals surface area (Å²) in [6.07, 6.45) is 0.759. The number of halogens is 3. The molecule has 2 rings (SSSR count). The number of hydrogen-bond acceptors (Lipinski definition) is 2. The summed E-state index contributed by atoms with van der Waals surface area (Å²) < 4.78 is 13.3. The summed E-state index contributed by atoms with van der Waals surface area (Å²) >= 11 is 11.9. The Hall–Kier alpha value is -1.19. The molecule has 2 aromatic rings. The maximum atomic E-state index is 13.3. The number of benzene rings is 1. The fourth-order valence-corrected chi connectivity index (χ4v) is 2.35. The number of rotatable bonds is 2. The predicted octanol–water partition coefficient (Wildman–Crippen LogP) is 4.46. The number of aromatic nitrogens is 2. The van der Waals surface area contributed by atoms with Gasteiger partial charge in [-0.25, -0.2) is 14.4 Å². The molecule has 0 amide bonds. The first-order valence-electron chi connectivity index (χ1n) is 5.50. The van der Waals surface area contributed by atoms with Crippen molar-refractivity contribution in [3.8, 4) is 11.4 Å². The van der Waals surface area contributed by atoms with Gasteiger partial charge in [-0.2, -0.15) is 0 Å². The Bertz CT molecular complexity index is 556. The molecule has 0 unspecified atom stereocenters. The third-order valence-corrected chi connectivity index (χ3v) is 3.17. The Kier molecular flexibility index (Phi) is 3.83. The van der Waals surface area contributed by atoms with E-state index in [1.54, 1.807) is 6.07 Å². The van der Waals surface area contributed by atoms with Crippen LogP contribution in [0.15, 0.2) is 18.2 Å². The third-order valence-electron chi connectivity index (χ3n) is 2.64. The second-order valence-electron chi connectivity index (χ2n) is 3.91. The van der Waals surface area contributed by atoms with Crippen molar-refractivity contribution in [1.82, 2.24) is 9.97 Å². The first kappa shape index (κ1) is 13.2. The van der Waals surface area contributed by atoms with Crippen LogP contribution < -0.4 is 0 Å². The topological polar surface area (TPSA) is 25.8 Å². The Morgan fingerprint density at radius 2 is 1.89 bits per heavy atom. The molecule has 0 fully saturated rings. The first-order chi connectivity index (χ1) is 8.51. The second kappa shape index (κ2) is 5.21. The maximum absolute atomic E-state index is 13.3. The molecule has 0 aliphatic heterocycles. The molecule has 0 aliphatic rings. The highest BCUT2D eigenvalue weighted by Crippen LogP contribution is 2.25. The molecule has 0 saturated carbocycles. The van der Waals surface area contributed by atoms with Crippen LogP contribution >= 0.6 is 23.2 Å². The Balaban J connectivity index is 2.58. The summed E-state index contributed by atoms with van der Waals surface area (Å²) in [4.78, 5) is 8.52. The molecule has 94 valence electrons. The summed E-state index contributed by atoms with van der Waals surface area (Å²) in [6, 6.07) is 4.18. The van der Waals surface area contributed by atoms with Crippen molar-refractivity contribution >= 4 is 23.2 Å². The van der Waals surface area contributed by atoms with Crippen molar-refractivity contribution in [2.75, 3.05) is 0 Å². The van der Waals surface area contributed by atoms with Crippen molar-refractivity contribution in [3.63, 3.8) is 0 Å². The summed E-state index contributed by atoms with van der Waals surface area (Å²) in [5, 5.41) is 0.710. The molecule has 0 spiro atoms. The van der Waals surface area contributed by atoms with Gasteiger partial charge in [-0.15, -0.1) is 0 Å². The average Bonchev–Trinajstić information content (AvgIpc) is 2.27. The molecule has 18 heavy (non-hydrogen) atoms. The molecule has 0 bridgehead atoms. The number of nitrogens with zero attached hydrogens (tertiary/aromatic N) is 2. The van der Waals surface area contributed by atoms with Crippen molar-refractivity contribution < 1.29 is 4.39 Å². The molecule has 5 heteroatoms. The van der Waals surface area contributed by atoms with E-state index in [2.05, 4.69) is 9.97 Å². The molecule has 0 saturated heterocycles. The van der Waals surface area contributed by atoms with Gasteiger partial charge in [0.1, 0.15) is 11.0 Å². The molecule has 0 atom stereocenters. The van der Waals surface area contributed by atoms with E-state index in [-0.39, 0.29) is 0 Å². The molecule has 0 N–H and O–H groups in total. The molecule has 1 aromatic carbocycles. The minimum atomic E-state index is -0.422. The van der Waals surface area contributed by atoms with E-state index in [1.165, 1.54) is 12.1 Å². The molecule has 1 heterocycles. The Labute approximate surface area is 115 Å². The van der Waals surface area contributed by atoms with Crippen LogP contribution in [0.3, 0.4) is 0 Å². The zero-order valence-electron chi connectivity index (χ0n) is 9.97. The van der Waals surface area contributed by atoms with Crippen LogP contribution in [0.5, 0.6) is 0 Å². The van der Waals surface area contributed by atoms with Gasteiger partial charge in [-0.3, -0.25) is 0 Å². The molecular weight excluding hydrogens is 274 g/mol. The van der Waals surface area contributed by atoms with E-state index in [0.717, 1.165) is 17.7 Å². The van der Waals surface area contributed by atoms with Gasteiger partial charge >= 0.3 is 0 Å². The SMILES string of the molecule is CCc1c(C)nc(-c2cc(F)cc(Cl)c2)nc1Cl. The van der Waals surface area contributed by atoms with Gasteiger partial charge < -0.3 is 0 Å². The lowest BCUT2D eigenvalue weighted by Gasteiger charge is -2.08. The van der Waals surface area contributed by atoms with Gasteiger partial charge in [0.05, 0.1) is 0 Å². The van der Waals surface area contributed by atoms with Gasteiger partial charge in [0, 0.05) is 21.8 Å². The van der Waals surface area contributed by atoms with E-state index in [1.807, 2.05) is 13.8 Å². The molecule has 1 aromatic heterocycles. The second-order valence-corrected chi connectivity index (χ2v) is 4.71. The Morgan fingerprint density at radius 3 is 2.44 bits per heavy atom. The van der Waals surface area contributed by atoms with Crippen LogP contribution in [0, 0.1) is 12.7 Å². The quantitative estimate of drug-likeness (QED) is 0.761. The number of aryl methyl sites for hydroxylation is 1. The van der Waals surface area contributed by atoms with Crippen molar-refractivity contribution in [2.24, 2.45) is 0 Å². The van der Waals surface area contributed by atoms with E-state index >= 15 is 0 Å². The number of hydrogen-bond donors (Lipinski definition) is 0. The fourth-order valence-electron chi connectivity index (χ4n) is 1.77. The average molecular weight is 285 g/mol. The molecular formula is C13H11Cl2FN2. The zero-order chi connectivity index (χ0) is 13.3. The van der Waals surface area contributed by atoms with Crippen LogP contribution in [0.2, 0.25) is 10.2 Å². The lowest BCUT2D eigenvalue weighted by atomic mass is 10.1. The minimum absolute atomic E-state index is 0.307. The normalized spacial score (nSPS) is 10.7. The van der Waals surface area contributed by atoms with Crippen molar-refractivity contribution in [2.45, 2.75) is 20.3 Å². The Morgan fingerprint density at radius 1 is 1.17 bits per heavy atom. The monoisotopic (exact) mass is 284 g/mol. The predicted molar refractivity (Wildman–Crippen MR) is 71.6 cm³/mol. The smallest absolute Gasteiger partial charge is 0.161 e. The largest absolute Gasteiger partial charge is 0.233 e. The maximum Gasteiger partial charge on any atom is 0.161 e. The summed E-state index contributed by atoms with van der Waals surface area (Å²) in [7, 11) is 0. The van der Waals surface area contributed by atoms with E-state index in [9.17, 15) is 4.39 Å². The lowest BCUT2D eigenvalue weighted by molar-refractivity contribution is 0.628. The molecule has 0 aliphatic carbocycles. The van der Waals surface area contributed by atoms with Crippen LogP contribution in [0.1, 0.15) is 18.2 Å². The van der Waals surface area contributed by atoms with Gasteiger partial charge in [0.2, 0.25) is 0 Å². The highest BCUT2D eigenvalue weighted by atomic mass is 35.5. The zero-order valence-corrected chi connectivity index (χ0v) is 11.5. The summed E-state index contributed by atoms with van der Waals surface area (Å²) in [6.45, 7) is 3.84. The van der Waals surface area contributed by atoms with Crippen LogP contribution in [-0.4, -0.2) is 9.97 Å². The van der Waals surface area contributed by atoms with Gasteiger partial charge in [0.15, 0.2) is 5.82 Å².